The Balaban J connectivity index is 0.000000644. The number of carboxylic acids is 1. The van der Waals surface area contributed by atoms with Crippen molar-refractivity contribution in [3.05, 3.63) is 46.2 Å². The number of alkyl halides is 3. The number of unbranched alkanes of at least 4 members (excludes halogenated alkanes) is 4. The van der Waals surface area contributed by atoms with Gasteiger partial charge in [-0.15, -0.1) is 0 Å². The van der Waals surface area contributed by atoms with Crippen molar-refractivity contribution in [1.82, 2.24) is 19.7 Å². The van der Waals surface area contributed by atoms with E-state index in [1.807, 2.05) is 38.1 Å². The molecule has 47 heavy (non-hydrogen) atoms. The van der Waals surface area contributed by atoms with E-state index in [0.29, 0.717) is 12.1 Å². The van der Waals surface area contributed by atoms with E-state index in [2.05, 4.69) is 15.1 Å². The molecule has 1 aromatic carbocycles. The molecule has 2 amide bonds. The van der Waals surface area contributed by atoms with E-state index in [9.17, 15) is 27.6 Å². The van der Waals surface area contributed by atoms with Crippen molar-refractivity contribution in [2.75, 3.05) is 19.6 Å². The highest BCUT2D eigenvalue weighted by atomic mass is 19.4. The van der Waals surface area contributed by atoms with Gasteiger partial charge in [0.05, 0.1) is 11.6 Å². The van der Waals surface area contributed by atoms with Gasteiger partial charge in [-0.3, -0.25) is 24.2 Å². The molecule has 4 atom stereocenters. The van der Waals surface area contributed by atoms with Gasteiger partial charge >= 0.3 is 12.1 Å². The van der Waals surface area contributed by atoms with Gasteiger partial charge in [0.25, 0.3) is 11.5 Å². The number of amides is 2. The van der Waals surface area contributed by atoms with Gasteiger partial charge in [0.1, 0.15) is 5.56 Å². The molecule has 3 aliphatic rings. The lowest BCUT2D eigenvalue weighted by Crippen LogP contribution is -2.51. The number of primary amides is 1. The zero-order chi connectivity index (χ0) is 34.3. The number of carboxylic acid groups (broad SMARTS) is 1. The number of aliphatic carboxylic acids is 1. The van der Waals surface area contributed by atoms with Crippen molar-refractivity contribution >= 4 is 28.7 Å². The van der Waals surface area contributed by atoms with Crippen molar-refractivity contribution in [3.8, 4) is 0 Å². The Morgan fingerprint density at radius 2 is 1.57 bits per heavy atom. The van der Waals surface area contributed by atoms with Gasteiger partial charge in [0.15, 0.2) is 0 Å². The van der Waals surface area contributed by atoms with Crippen LogP contribution in [0.25, 0.3) is 10.9 Å². The lowest BCUT2D eigenvalue weighted by atomic mass is 9.96. The van der Waals surface area contributed by atoms with Crippen LogP contribution >= 0.6 is 0 Å². The molecule has 0 aliphatic carbocycles. The van der Waals surface area contributed by atoms with Crippen LogP contribution in [0.5, 0.6) is 0 Å². The zero-order valence-corrected chi connectivity index (χ0v) is 27.3. The van der Waals surface area contributed by atoms with Gasteiger partial charge in [0.2, 0.25) is 5.91 Å². The van der Waals surface area contributed by atoms with Crippen LogP contribution in [-0.2, 0) is 9.59 Å². The molecule has 1 aromatic heterocycles. The number of nitrogens with two attached hydrogens (primary N) is 1. The maximum atomic E-state index is 13.3. The second-order valence-corrected chi connectivity index (χ2v) is 13.3. The molecule has 0 radical (unpaired) electrons. The lowest BCUT2D eigenvalue weighted by molar-refractivity contribution is -0.192. The molecule has 4 heterocycles. The summed E-state index contributed by atoms with van der Waals surface area (Å²) in [7, 11) is 0. The van der Waals surface area contributed by atoms with Gasteiger partial charge in [-0.1, -0.05) is 37.5 Å². The first-order chi connectivity index (χ1) is 22.3. The van der Waals surface area contributed by atoms with Crippen LogP contribution in [-0.4, -0.2) is 87.2 Å². The van der Waals surface area contributed by atoms with Gasteiger partial charge in [-0.05, 0) is 102 Å². The molecular weight excluding hydrogens is 615 g/mol. The zero-order valence-electron chi connectivity index (χ0n) is 27.3. The Kier molecular flexibility index (Phi) is 12.5. The lowest BCUT2D eigenvalue weighted by Gasteiger charge is -2.39. The summed E-state index contributed by atoms with van der Waals surface area (Å²) in [6.45, 7) is 7.10. The predicted molar refractivity (Wildman–Crippen MR) is 173 cm³/mol. The van der Waals surface area contributed by atoms with Crippen LogP contribution in [0.1, 0.15) is 101 Å². The van der Waals surface area contributed by atoms with Crippen molar-refractivity contribution in [2.24, 2.45) is 5.73 Å². The number of hydrogen-bond donors (Lipinski definition) is 3. The summed E-state index contributed by atoms with van der Waals surface area (Å²) in [5.41, 5.74) is 6.44. The molecule has 3 fully saturated rings. The standard InChI is InChI=1S/C32H47N5O3.C2HF3O2/c1-22(2)37-28-12-7-6-11-23(28)19-27(32(37)40)31(39)34-24-20-25-14-15-26(21-24)36(25)18-9-5-3-4-8-16-35-17-10-13-29(35)30(33)38;3-2(4,5)1(6)7/h6-7,11-12,19,22,24-26,29H,3-5,8-10,13-18,20-21H2,1-2H3,(H2,33,38)(H,34,39);(H,6,7)/t24?,25-,26+,29-;/m1./s1. The number of carbonyl (C=O) groups excluding carboxylic acids is 2. The summed E-state index contributed by atoms with van der Waals surface area (Å²) in [6.07, 6.45) is 7.26. The number of para-hydroxylation sites is 1. The summed E-state index contributed by atoms with van der Waals surface area (Å²) in [5.74, 6) is -3.16. The summed E-state index contributed by atoms with van der Waals surface area (Å²) in [4.78, 5) is 52.0. The molecule has 2 bridgehead atoms. The van der Waals surface area contributed by atoms with Crippen LogP contribution in [0.3, 0.4) is 0 Å². The molecule has 1 unspecified atom stereocenters. The predicted octanol–water partition coefficient (Wildman–Crippen LogP) is 4.84. The highest BCUT2D eigenvalue weighted by Gasteiger charge is 2.41. The molecular formula is C34H48F3N5O5. The molecule has 260 valence electrons. The van der Waals surface area contributed by atoms with E-state index in [1.165, 1.54) is 38.5 Å². The highest BCUT2D eigenvalue weighted by Crippen LogP contribution is 2.36. The number of hydrogen-bond acceptors (Lipinski definition) is 6. The fraction of sp³-hybridized carbons (Fsp3) is 0.647. The third-order valence-electron chi connectivity index (χ3n) is 9.72. The average Bonchev–Trinajstić information content (AvgIpc) is 3.57. The van der Waals surface area contributed by atoms with Gasteiger partial charge in [-0.2, -0.15) is 13.2 Å². The number of carbonyl (C=O) groups is 3. The molecule has 0 saturated carbocycles. The van der Waals surface area contributed by atoms with Gasteiger partial charge in [0, 0.05) is 24.2 Å². The van der Waals surface area contributed by atoms with E-state index in [4.69, 9.17) is 15.6 Å². The van der Waals surface area contributed by atoms with E-state index >= 15 is 0 Å². The third kappa shape index (κ3) is 9.34. The van der Waals surface area contributed by atoms with Crippen LogP contribution in [0, 0.1) is 0 Å². The number of pyridine rings is 1. The molecule has 10 nitrogen and oxygen atoms in total. The number of nitrogens with zero attached hydrogens (tertiary/aromatic N) is 3. The number of nitrogens with one attached hydrogen (secondary N) is 1. The first kappa shape index (κ1) is 36.4. The van der Waals surface area contributed by atoms with Crippen molar-refractivity contribution in [1.29, 1.82) is 0 Å². The van der Waals surface area contributed by atoms with E-state index in [-0.39, 0.29) is 41.1 Å². The second-order valence-electron chi connectivity index (χ2n) is 13.3. The molecule has 5 rings (SSSR count). The average molecular weight is 664 g/mol. The molecule has 3 aliphatic heterocycles. The minimum atomic E-state index is -5.08. The Morgan fingerprint density at radius 1 is 0.979 bits per heavy atom. The Hall–Kier alpha value is -3.45. The number of halogens is 3. The summed E-state index contributed by atoms with van der Waals surface area (Å²) < 4.78 is 33.5. The van der Waals surface area contributed by atoms with Gasteiger partial charge < -0.3 is 20.7 Å². The molecule has 13 heteroatoms. The van der Waals surface area contributed by atoms with Crippen LogP contribution in [0.2, 0.25) is 0 Å². The minimum Gasteiger partial charge on any atom is -0.475 e. The van der Waals surface area contributed by atoms with Crippen molar-refractivity contribution in [2.45, 2.75) is 121 Å². The number of aromatic nitrogens is 1. The van der Waals surface area contributed by atoms with Crippen LogP contribution in [0.15, 0.2) is 35.1 Å². The van der Waals surface area contributed by atoms with E-state index < -0.39 is 12.1 Å². The van der Waals surface area contributed by atoms with Crippen molar-refractivity contribution in [3.63, 3.8) is 0 Å². The van der Waals surface area contributed by atoms with E-state index in [0.717, 1.165) is 62.6 Å². The molecule has 3 saturated heterocycles. The number of piperidine rings is 1. The first-order valence-corrected chi connectivity index (χ1v) is 16.8. The third-order valence-corrected chi connectivity index (χ3v) is 9.72. The number of fused-ring (bicyclic) bond motifs is 3. The maximum Gasteiger partial charge on any atom is 0.490 e. The Bertz CT molecular complexity index is 1450. The Labute approximate surface area is 273 Å². The largest absolute Gasteiger partial charge is 0.490 e. The quantitative estimate of drug-likeness (QED) is 0.277. The highest BCUT2D eigenvalue weighted by molar-refractivity contribution is 5.97. The Morgan fingerprint density at radius 3 is 2.17 bits per heavy atom. The normalized spacial score (nSPS) is 23.1. The molecule has 0 spiro atoms. The van der Waals surface area contributed by atoms with Crippen LogP contribution < -0.4 is 16.6 Å². The topological polar surface area (TPSA) is 138 Å². The maximum absolute atomic E-state index is 13.3. The number of likely N-dealkylation sites (tertiary alicyclic amines) is 1. The van der Waals surface area contributed by atoms with Crippen molar-refractivity contribution < 1.29 is 32.7 Å². The minimum absolute atomic E-state index is 0.0245. The SMILES string of the molecule is CC(C)n1c(=O)c(C(=O)NC2C[C@H]3CC[C@@H](C2)N3CCCCCCCN2CCC[C@@H]2C(N)=O)cc2ccccc21.O=C(O)C(F)(F)F. The molecule has 4 N–H and O–H groups in total. The monoisotopic (exact) mass is 663 g/mol. The second kappa shape index (κ2) is 16.1. The smallest absolute Gasteiger partial charge is 0.475 e. The summed E-state index contributed by atoms with van der Waals surface area (Å²) >= 11 is 0. The fourth-order valence-electron chi connectivity index (χ4n) is 7.54. The summed E-state index contributed by atoms with van der Waals surface area (Å²) in [5, 5.41) is 11.3. The van der Waals surface area contributed by atoms with E-state index in [1.54, 1.807) is 10.6 Å². The fourth-order valence-corrected chi connectivity index (χ4v) is 7.54. The van der Waals surface area contributed by atoms with Crippen LogP contribution in [0.4, 0.5) is 13.2 Å². The van der Waals surface area contributed by atoms with Gasteiger partial charge in [-0.25, -0.2) is 4.79 Å². The number of rotatable bonds is 12. The molecule has 2 aromatic rings. The summed E-state index contributed by atoms with van der Waals surface area (Å²) in [6, 6.07) is 10.6. The number of benzene rings is 1. The first-order valence-electron chi connectivity index (χ1n) is 16.8.